The second kappa shape index (κ2) is 3.32. The molecule has 0 aliphatic rings. The van der Waals surface area contributed by atoms with Crippen LogP contribution in [0.1, 0.15) is 19.4 Å². The van der Waals surface area contributed by atoms with E-state index < -0.39 is 5.60 Å². The van der Waals surface area contributed by atoms with Crippen LogP contribution in [0.4, 0.5) is 0 Å². The quantitative estimate of drug-likeness (QED) is 0.759. The summed E-state index contributed by atoms with van der Waals surface area (Å²) in [5.74, 6) is 5.31. The van der Waals surface area contributed by atoms with E-state index in [-0.39, 0.29) is 0 Å². The fourth-order valence-electron chi connectivity index (χ4n) is 1.76. The van der Waals surface area contributed by atoms with E-state index in [0.29, 0.717) is 0 Å². The Morgan fingerprint density at radius 3 is 2.87 bits per heavy atom. The van der Waals surface area contributed by atoms with Crippen LogP contribution < -0.4 is 5.90 Å². The van der Waals surface area contributed by atoms with Crippen molar-refractivity contribution in [2.24, 2.45) is 12.9 Å². The smallest absolute Gasteiger partial charge is 0.139 e. The molecule has 2 heterocycles. The highest BCUT2D eigenvalue weighted by molar-refractivity contribution is 5.81. The summed E-state index contributed by atoms with van der Waals surface area (Å²) in [5, 5.41) is 1.08. The van der Waals surface area contributed by atoms with Crippen LogP contribution in [-0.4, -0.2) is 9.55 Å². The Kier molecular flexibility index (Phi) is 2.25. The summed E-state index contributed by atoms with van der Waals surface area (Å²) in [4.78, 5) is 9.32. The summed E-state index contributed by atoms with van der Waals surface area (Å²) in [5.41, 5.74) is 1.50. The largest absolute Gasteiger partial charge is 0.335 e. The number of aryl methyl sites for hydroxylation is 1. The molecule has 0 amide bonds. The Bertz CT molecular complexity index is 488. The van der Waals surface area contributed by atoms with Gasteiger partial charge < -0.3 is 4.57 Å². The summed E-state index contributed by atoms with van der Waals surface area (Å²) < 4.78 is 1.98. The Morgan fingerprint density at radius 2 is 2.20 bits per heavy atom. The van der Waals surface area contributed by atoms with Gasteiger partial charge in [-0.25, -0.2) is 10.9 Å². The summed E-state index contributed by atoms with van der Waals surface area (Å²) >= 11 is 0. The van der Waals surface area contributed by atoms with Gasteiger partial charge in [0.15, 0.2) is 0 Å². The lowest BCUT2D eigenvalue weighted by atomic mass is 9.99. The second-order valence-corrected chi connectivity index (χ2v) is 4.16. The first-order valence-electron chi connectivity index (χ1n) is 4.84. The zero-order chi connectivity index (χ0) is 11.1. The van der Waals surface area contributed by atoms with E-state index in [2.05, 4.69) is 4.98 Å². The first-order chi connectivity index (χ1) is 7.06. The highest BCUT2D eigenvalue weighted by Crippen LogP contribution is 2.30. The third-order valence-corrected chi connectivity index (χ3v) is 2.68. The van der Waals surface area contributed by atoms with E-state index in [9.17, 15) is 0 Å². The van der Waals surface area contributed by atoms with Gasteiger partial charge in [-0.15, -0.1) is 0 Å². The van der Waals surface area contributed by atoms with Gasteiger partial charge in [-0.1, -0.05) is 0 Å². The number of nitrogens with two attached hydrogens (primary N) is 1. The molecule has 0 saturated heterocycles. The van der Waals surface area contributed by atoms with Gasteiger partial charge in [0.25, 0.3) is 0 Å². The molecule has 0 aliphatic carbocycles. The molecule has 2 aromatic heterocycles. The first-order valence-corrected chi connectivity index (χ1v) is 4.84. The van der Waals surface area contributed by atoms with Gasteiger partial charge >= 0.3 is 0 Å². The zero-order valence-corrected chi connectivity index (χ0v) is 9.19. The Balaban J connectivity index is 2.72. The lowest BCUT2D eigenvalue weighted by Crippen LogP contribution is -2.24. The molecule has 4 nitrogen and oxygen atoms in total. The molecule has 2 N–H and O–H groups in total. The highest BCUT2D eigenvalue weighted by atomic mass is 16.6. The average Bonchev–Trinajstić information content (AvgIpc) is 2.58. The van der Waals surface area contributed by atoms with Gasteiger partial charge in [0.05, 0.1) is 0 Å². The van der Waals surface area contributed by atoms with E-state index in [1.165, 1.54) is 0 Å². The SMILES string of the molecule is Cn1cc(C(C)(C)ON)c2cccnc21. The standard InChI is InChI=1S/C11H15N3O/c1-11(2,15-12)9-7-14(3)10-8(9)5-4-6-13-10/h4-7H,12H2,1-3H3. The molecule has 2 aromatic rings. The van der Waals surface area contributed by atoms with Crippen molar-refractivity contribution in [3.8, 4) is 0 Å². The number of fused-ring (bicyclic) bond motifs is 1. The van der Waals surface area contributed by atoms with E-state index in [4.69, 9.17) is 10.7 Å². The highest BCUT2D eigenvalue weighted by Gasteiger charge is 2.25. The summed E-state index contributed by atoms with van der Waals surface area (Å²) in [6.45, 7) is 3.88. The molecule has 0 bridgehead atoms. The number of hydrogen-bond donors (Lipinski definition) is 1. The van der Waals surface area contributed by atoms with Gasteiger partial charge in [0.2, 0.25) is 0 Å². The maximum absolute atomic E-state index is 5.31. The van der Waals surface area contributed by atoms with Crippen LogP contribution in [0.15, 0.2) is 24.5 Å². The third-order valence-electron chi connectivity index (χ3n) is 2.68. The molecule has 15 heavy (non-hydrogen) atoms. The molecule has 0 fully saturated rings. The predicted octanol–water partition coefficient (Wildman–Crippen LogP) is 1.70. The van der Waals surface area contributed by atoms with Gasteiger partial charge in [-0.3, -0.25) is 4.84 Å². The van der Waals surface area contributed by atoms with Crippen LogP contribution in [-0.2, 0) is 17.5 Å². The van der Waals surface area contributed by atoms with Crippen molar-refractivity contribution >= 4 is 11.0 Å². The van der Waals surface area contributed by atoms with Gasteiger partial charge in [-0.05, 0) is 26.0 Å². The molecule has 0 unspecified atom stereocenters. The van der Waals surface area contributed by atoms with Crippen LogP contribution in [0.25, 0.3) is 11.0 Å². The average molecular weight is 205 g/mol. The zero-order valence-electron chi connectivity index (χ0n) is 9.19. The summed E-state index contributed by atoms with van der Waals surface area (Å²) in [6, 6.07) is 3.94. The molecule has 0 aliphatic heterocycles. The third kappa shape index (κ3) is 1.52. The van der Waals surface area contributed by atoms with Crippen LogP contribution in [0.2, 0.25) is 0 Å². The number of aromatic nitrogens is 2. The Morgan fingerprint density at radius 1 is 1.47 bits per heavy atom. The first kappa shape index (κ1) is 10.1. The van der Waals surface area contributed by atoms with Crippen LogP contribution in [0, 0.1) is 0 Å². The number of pyridine rings is 1. The van der Waals surface area contributed by atoms with Crippen molar-refractivity contribution in [1.29, 1.82) is 0 Å². The van der Waals surface area contributed by atoms with E-state index in [1.54, 1.807) is 6.20 Å². The molecule has 80 valence electrons. The normalized spacial score (nSPS) is 12.3. The van der Waals surface area contributed by atoms with Crippen LogP contribution >= 0.6 is 0 Å². The van der Waals surface area contributed by atoms with E-state index in [1.807, 2.05) is 43.8 Å². The minimum atomic E-state index is -0.497. The maximum atomic E-state index is 5.31. The monoisotopic (exact) mass is 205 g/mol. The van der Waals surface area contributed by atoms with Gasteiger partial charge in [0.1, 0.15) is 11.2 Å². The minimum absolute atomic E-state index is 0.497. The minimum Gasteiger partial charge on any atom is -0.335 e. The second-order valence-electron chi connectivity index (χ2n) is 4.16. The van der Waals surface area contributed by atoms with Crippen molar-refractivity contribution in [1.82, 2.24) is 9.55 Å². The number of hydrogen-bond acceptors (Lipinski definition) is 3. The van der Waals surface area contributed by atoms with Gasteiger partial charge in [0, 0.05) is 30.4 Å². The van der Waals surface area contributed by atoms with E-state index >= 15 is 0 Å². The van der Waals surface area contributed by atoms with Crippen molar-refractivity contribution in [3.63, 3.8) is 0 Å². The Labute approximate surface area is 88.6 Å². The lowest BCUT2D eigenvalue weighted by molar-refractivity contribution is -0.0226. The molecule has 0 aromatic carbocycles. The van der Waals surface area contributed by atoms with E-state index in [0.717, 1.165) is 16.6 Å². The lowest BCUT2D eigenvalue weighted by Gasteiger charge is -2.20. The molecule has 2 rings (SSSR count). The van der Waals surface area contributed by atoms with Crippen molar-refractivity contribution in [3.05, 3.63) is 30.1 Å². The fourth-order valence-corrected chi connectivity index (χ4v) is 1.76. The number of rotatable bonds is 2. The van der Waals surface area contributed by atoms with Crippen molar-refractivity contribution < 1.29 is 4.84 Å². The topological polar surface area (TPSA) is 53.1 Å². The summed E-state index contributed by atoms with van der Waals surface area (Å²) in [6.07, 6.45) is 3.78. The van der Waals surface area contributed by atoms with Crippen molar-refractivity contribution in [2.45, 2.75) is 19.4 Å². The number of nitrogens with zero attached hydrogens (tertiary/aromatic N) is 2. The van der Waals surface area contributed by atoms with Crippen LogP contribution in [0.5, 0.6) is 0 Å². The summed E-state index contributed by atoms with van der Waals surface area (Å²) in [7, 11) is 1.96. The molecular formula is C11H15N3O. The fraction of sp³-hybridized carbons (Fsp3) is 0.364. The molecule has 0 atom stereocenters. The molecule has 0 saturated carbocycles. The molecule has 0 spiro atoms. The van der Waals surface area contributed by atoms with Crippen LogP contribution in [0.3, 0.4) is 0 Å². The van der Waals surface area contributed by atoms with Crippen molar-refractivity contribution in [2.75, 3.05) is 0 Å². The van der Waals surface area contributed by atoms with Gasteiger partial charge in [-0.2, -0.15) is 0 Å². The maximum Gasteiger partial charge on any atom is 0.139 e. The molecular weight excluding hydrogens is 190 g/mol. The molecule has 0 radical (unpaired) electrons. The predicted molar refractivity (Wildman–Crippen MR) is 59.0 cm³/mol. The molecule has 4 heteroatoms. The Hall–Kier alpha value is -1.39.